The summed E-state index contributed by atoms with van der Waals surface area (Å²) in [6, 6.07) is 4.70. The maximum absolute atomic E-state index is 15.5. The zero-order valence-electron chi connectivity index (χ0n) is 21.6. The molecule has 3 N–H and O–H groups in total. The van der Waals surface area contributed by atoms with Gasteiger partial charge in [0, 0.05) is 17.5 Å². The van der Waals surface area contributed by atoms with E-state index in [1.807, 2.05) is 0 Å². The fourth-order valence-corrected chi connectivity index (χ4v) is 5.88. The summed E-state index contributed by atoms with van der Waals surface area (Å²) in [6.07, 6.45) is 0.258. The smallest absolute Gasteiger partial charge is 0.320 e. The number of hydrogen-bond donors (Lipinski definition) is 3. The fraction of sp³-hybridized carbons (Fsp3) is 0.346. The van der Waals surface area contributed by atoms with Gasteiger partial charge in [0.25, 0.3) is 5.91 Å². The van der Waals surface area contributed by atoms with Crippen molar-refractivity contribution in [3.63, 3.8) is 0 Å². The quantitative estimate of drug-likeness (QED) is 0.397. The molecule has 1 unspecified atom stereocenters. The number of aromatic nitrogens is 1. The van der Waals surface area contributed by atoms with E-state index in [2.05, 4.69) is 20.9 Å². The monoisotopic (exact) mass is 555 g/mol. The van der Waals surface area contributed by atoms with E-state index in [1.54, 1.807) is 40.2 Å². The van der Waals surface area contributed by atoms with Crippen molar-refractivity contribution in [2.75, 3.05) is 19.5 Å². The Balaban J connectivity index is 1.33. The van der Waals surface area contributed by atoms with E-state index in [9.17, 15) is 19.2 Å². The predicted molar refractivity (Wildman–Crippen MR) is 140 cm³/mol. The van der Waals surface area contributed by atoms with Gasteiger partial charge in [0.15, 0.2) is 5.82 Å². The molecule has 5 amide bonds. The Morgan fingerprint density at radius 1 is 1.15 bits per heavy atom. The number of piperidine rings is 1. The van der Waals surface area contributed by atoms with Gasteiger partial charge in [-0.1, -0.05) is 0 Å². The highest BCUT2D eigenvalue weighted by atomic mass is 32.1. The Bertz CT molecular complexity index is 1500. The zero-order chi connectivity index (χ0) is 28.1. The lowest BCUT2D eigenvalue weighted by molar-refractivity contribution is -0.136. The normalized spacial score (nSPS) is 17.2. The van der Waals surface area contributed by atoms with Gasteiger partial charge >= 0.3 is 6.03 Å². The first-order valence-corrected chi connectivity index (χ1v) is 12.9. The predicted octanol–water partition coefficient (Wildman–Crippen LogP) is 3.27. The van der Waals surface area contributed by atoms with Crippen LogP contribution in [0.2, 0.25) is 0 Å². The van der Waals surface area contributed by atoms with Crippen LogP contribution in [0.3, 0.4) is 0 Å². The Hall–Kier alpha value is -4.26. The Labute approximate surface area is 226 Å². The van der Waals surface area contributed by atoms with Crippen molar-refractivity contribution >= 4 is 51.0 Å². The van der Waals surface area contributed by atoms with Gasteiger partial charge in [0.2, 0.25) is 11.8 Å². The molecule has 5 rings (SSSR count). The number of halogens is 1. The molecular formula is C26H26FN5O6S. The van der Waals surface area contributed by atoms with Crippen LogP contribution in [-0.2, 0) is 21.7 Å². The summed E-state index contributed by atoms with van der Waals surface area (Å²) in [5.41, 5.74) is -0.280. The van der Waals surface area contributed by atoms with Crippen LogP contribution in [-0.4, -0.2) is 53.9 Å². The van der Waals surface area contributed by atoms with Gasteiger partial charge in [0.1, 0.15) is 32.8 Å². The van der Waals surface area contributed by atoms with Gasteiger partial charge in [-0.3, -0.25) is 19.7 Å². The third-order valence-electron chi connectivity index (χ3n) is 6.77. The number of rotatable bonds is 6. The van der Waals surface area contributed by atoms with Crippen molar-refractivity contribution in [3.8, 4) is 11.5 Å². The fourth-order valence-electron chi connectivity index (χ4n) is 4.74. The number of thiazole rings is 1. The van der Waals surface area contributed by atoms with Gasteiger partial charge in [-0.2, -0.15) is 0 Å². The van der Waals surface area contributed by atoms with Crippen LogP contribution >= 0.6 is 11.3 Å². The molecule has 2 aliphatic heterocycles. The third kappa shape index (κ3) is 4.62. The van der Waals surface area contributed by atoms with Crippen LogP contribution in [0.1, 0.15) is 47.6 Å². The highest BCUT2D eigenvalue weighted by Gasteiger charge is 2.40. The molecular weight excluding hydrogens is 529 g/mol. The number of imide groups is 1. The number of carbonyl (C=O) groups excluding carboxylic acids is 4. The second-order valence-corrected chi connectivity index (χ2v) is 10.7. The number of hydrogen-bond acceptors (Lipinski definition) is 8. The molecule has 11 nitrogen and oxygen atoms in total. The number of benzene rings is 2. The standard InChI is InChI=1S/C26H26FN5O6S/c1-26(2,24-30-20-16(37-3)8-9-17(38-4)21(20)39-24)31-25(36)28-14-6-5-12-13(19(14)27)11-32(23(12)35)15-7-10-18(33)29-22(15)34/h5-6,8-9,15H,7,10-11H2,1-4H3,(H2,28,31,36)(H,29,33,34). The molecule has 204 valence electrons. The van der Waals surface area contributed by atoms with E-state index in [1.165, 1.54) is 28.4 Å². The van der Waals surface area contributed by atoms with Crippen molar-refractivity contribution in [2.45, 2.75) is 44.8 Å². The first-order valence-electron chi connectivity index (χ1n) is 12.1. The van der Waals surface area contributed by atoms with E-state index >= 15 is 4.39 Å². The van der Waals surface area contributed by atoms with E-state index in [0.29, 0.717) is 22.0 Å². The first kappa shape index (κ1) is 26.4. The lowest BCUT2D eigenvalue weighted by Gasteiger charge is -2.29. The van der Waals surface area contributed by atoms with Gasteiger partial charge in [0.05, 0.1) is 32.0 Å². The molecule has 39 heavy (non-hydrogen) atoms. The largest absolute Gasteiger partial charge is 0.495 e. The van der Waals surface area contributed by atoms with Crippen molar-refractivity contribution < 1.29 is 33.0 Å². The van der Waals surface area contributed by atoms with Crippen LogP contribution in [0.4, 0.5) is 14.9 Å². The van der Waals surface area contributed by atoms with Crippen molar-refractivity contribution in [1.29, 1.82) is 0 Å². The summed E-state index contributed by atoms with van der Waals surface area (Å²) in [5.74, 6) is -1.07. The van der Waals surface area contributed by atoms with Gasteiger partial charge in [-0.15, -0.1) is 11.3 Å². The number of fused-ring (bicyclic) bond motifs is 2. The highest BCUT2D eigenvalue weighted by Crippen LogP contribution is 2.40. The number of amides is 5. The van der Waals surface area contributed by atoms with Gasteiger partial charge in [-0.25, -0.2) is 14.2 Å². The first-order chi connectivity index (χ1) is 18.5. The number of methoxy groups -OCH3 is 2. The molecule has 3 heterocycles. The molecule has 1 saturated heterocycles. The maximum atomic E-state index is 15.5. The number of nitrogens with zero attached hydrogens (tertiary/aromatic N) is 2. The molecule has 13 heteroatoms. The number of nitrogens with one attached hydrogen (secondary N) is 3. The van der Waals surface area contributed by atoms with Crippen LogP contribution in [0.15, 0.2) is 24.3 Å². The summed E-state index contributed by atoms with van der Waals surface area (Å²) >= 11 is 1.34. The molecule has 0 radical (unpaired) electrons. The lowest BCUT2D eigenvalue weighted by atomic mass is 10.0. The Morgan fingerprint density at radius 3 is 2.56 bits per heavy atom. The molecule has 1 aromatic heterocycles. The minimum atomic E-state index is -0.949. The lowest BCUT2D eigenvalue weighted by Crippen LogP contribution is -2.52. The molecule has 0 aliphatic carbocycles. The Morgan fingerprint density at radius 2 is 1.87 bits per heavy atom. The third-order valence-corrected chi connectivity index (χ3v) is 8.16. The molecule has 1 fully saturated rings. The van der Waals surface area contributed by atoms with Crippen LogP contribution in [0.5, 0.6) is 11.5 Å². The minimum absolute atomic E-state index is 0.0760. The average molecular weight is 556 g/mol. The van der Waals surface area contributed by atoms with Crippen molar-refractivity contribution in [2.24, 2.45) is 0 Å². The van der Waals surface area contributed by atoms with Crippen LogP contribution in [0, 0.1) is 5.82 Å². The van der Waals surface area contributed by atoms with E-state index < -0.39 is 41.2 Å². The number of ether oxygens (including phenoxy) is 2. The van der Waals surface area contributed by atoms with Gasteiger partial charge < -0.3 is 25.0 Å². The molecule has 2 aliphatic rings. The molecule has 1 atom stereocenters. The molecule has 0 saturated carbocycles. The van der Waals surface area contributed by atoms with Crippen molar-refractivity contribution in [1.82, 2.24) is 20.5 Å². The van der Waals surface area contributed by atoms with Crippen LogP contribution < -0.4 is 25.4 Å². The minimum Gasteiger partial charge on any atom is -0.495 e. The summed E-state index contributed by atoms with van der Waals surface area (Å²) in [7, 11) is 3.10. The summed E-state index contributed by atoms with van der Waals surface area (Å²) in [4.78, 5) is 55.5. The second kappa shape index (κ2) is 9.80. The number of anilines is 1. The molecule has 0 bridgehead atoms. The van der Waals surface area contributed by atoms with Gasteiger partial charge in [-0.05, 0) is 44.5 Å². The molecule has 2 aromatic carbocycles. The van der Waals surface area contributed by atoms with E-state index in [4.69, 9.17) is 9.47 Å². The molecule has 0 spiro atoms. The topological polar surface area (TPSA) is 139 Å². The maximum Gasteiger partial charge on any atom is 0.320 e. The average Bonchev–Trinajstić information content (AvgIpc) is 3.48. The Kier molecular flexibility index (Phi) is 6.62. The van der Waals surface area contributed by atoms with Crippen molar-refractivity contribution in [3.05, 3.63) is 46.2 Å². The molecule has 3 aromatic rings. The SMILES string of the molecule is COc1ccc(OC)c2sc(C(C)(C)NC(=O)Nc3ccc4c(c3F)CN(C3CCC(=O)NC3=O)C4=O)nc12. The van der Waals surface area contributed by atoms with E-state index in [-0.39, 0.29) is 36.2 Å². The summed E-state index contributed by atoms with van der Waals surface area (Å²) < 4.78 is 27.1. The highest BCUT2D eigenvalue weighted by molar-refractivity contribution is 7.19. The zero-order valence-corrected chi connectivity index (χ0v) is 22.5. The number of urea groups is 1. The van der Waals surface area contributed by atoms with Crippen LogP contribution in [0.25, 0.3) is 10.2 Å². The van der Waals surface area contributed by atoms with E-state index in [0.717, 1.165) is 4.70 Å². The summed E-state index contributed by atoms with van der Waals surface area (Å²) in [5, 5.41) is 8.13. The second-order valence-electron chi connectivity index (χ2n) is 9.72. The summed E-state index contributed by atoms with van der Waals surface area (Å²) in [6.45, 7) is 3.38. The number of carbonyl (C=O) groups is 4.